The Morgan fingerprint density at radius 2 is 1.81 bits per heavy atom. The average Bonchev–Trinajstić information content (AvgIpc) is 2.61. The molecule has 0 saturated carbocycles. The van der Waals surface area contributed by atoms with E-state index in [-0.39, 0.29) is 30.5 Å². The largest absolute Gasteiger partial charge is 0.481 e. The minimum Gasteiger partial charge on any atom is -0.481 e. The van der Waals surface area contributed by atoms with Gasteiger partial charge in [0.05, 0.1) is 6.04 Å². The van der Waals surface area contributed by atoms with E-state index in [9.17, 15) is 14.0 Å². The normalized spacial score (nSPS) is 11.6. The van der Waals surface area contributed by atoms with E-state index in [1.807, 2.05) is 6.07 Å². The highest BCUT2D eigenvalue weighted by atomic mass is 19.1. The Labute approximate surface area is 151 Å². The lowest BCUT2D eigenvalue weighted by molar-refractivity contribution is -0.137. The van der Waals surface area contributed by atoms with E-state index >= 15 is 0 Å². The molecule has 2 aromatic carbocycles. The summed E-state index contributed by atoms with van der Waals surface area (Å²) in [6, 6.07) is 13.1. The number of carbonyl (C=O) groups is 2. The number of benzene rings is 2. The van der Waals surface area contributed by atoms with Crippen molar-refractivity contribution in [3.8, 4) is 11.5 Å². The van der Waals surface area contributed by atoms with Gasteiger partial charge in [-0.15, -0.1) is 0 Å². The van der Waals surface area contributed by atoms with Crippen molar-refractivity contribution < 1.29 is 23.8 Å². The molecule has 0 bridgehead atoms. The van der Waals surface area contributed by atoms with Crippen molar-refractivity contribution in [3.63, 3.8) is 0 Å². The quantitative estimate of drug-likeness (QED) is 0.649. The lowest BCUT2D eigenvalue weighted by Crippen LogP contribution is -2.26. The number of hydrogen-bond donors (Lipinski definition) is 2. The lowest BCUT2D eigenvalue weighted by Gasteiger charge is -2.15. The second-order valence-corrected chi connectivity index (χ2v) is 6.00. The third kappa shape index (κ3) is 6.20. The van der Waals surface area contributed by atoms with Gasteiger partial charge in [0.2, 0.25) is 5.91 Å². The van der Waals surface area contributed by atoms with Crippen molar-refractivity contribution in [1.82, 2.24) is 5.32 Å². The van der Waals surface area contributed by atoms with Crippen molar-refractivity contribution in [3.05, 3.63) is 59.9 Å². The second kappa shape index (κ2) is 9.56. The number of carboxylic acid groups (broad SMARTS) is 1. The second-order valence-electron chi connectivity index (χ2n) is 6.00. The third-order valence-corrected chi connectivity index (χ3v) is 3.85. The Balaban J connectivity index is 1.89. The molecule has 0 aliphatic rings. The van der Waals surface area contributed by atoms with Gasteiger partial charge in [-0.25, -0.2) is 4.39 Å². The molecule has 0 fully saturated rings. The molecule has 0 saturated heterocycles. The van der Waals surface area contributed by atoms with Gasteiger partial charge in [0.1, 0.15) is 5.75 Å². The molecule has 6 heteroatoms. The Morgan fingerprint density at radius 1 is 1.12 bits per heavy atom. The van der Waals surface area contributed by atoms with E-state index < -0.39 is 11.8 Å². The molecule has 138 valence electrons. The summed E-state index contributed by atoms with van der Waals surface area (Å²) >= 11 is 0. The molecule has 1 atom stereocenters. The predicted molar refractivity (Wildman–Crippen MR) is 95.6 cm³/mol. The third-order valence-electron chi connectivity index (χ3n) is 3.85. The van der Waals surface area contributed by atoms with Gasteiger partial charge in [0, 0.05) is 12.8 Å². The van der Waals surface area contributed by atoms with Crippen molar-refractivity contribution in [1.29, 1.82) is 0 Å². The number of hydrogen-bond acceptors (Lipinski definition) is 3. The number of para-hydroxylation sites is 1. The molecule has 26 heavy (non-hydrogen) atoms. The number of nitrogens with one attached hydrogen (secondary N) is 1. The van der Waals surface area contributed by atoms with Crippen LogP contribution in [0.5, 0.6) is 11.5 Å². The SMILES string of the molecule is CC(NC(=O)CCCCC(=O)O)c1ccc(Oc2ccccc2)c(F)c1. The summed E-state index contributed by atoms with van der Waals surface area (Å²) in [5.74, 6) is -0.900. The van der Waals surface area contributed by atoms with Crippen LogP contribution in [0.2, 0.25) is 0 Å². The minimum absolute atomic E-state index is 0.0525. The summed E-state index contributed by atoms with van der Waals surface area (Å²) in [6.07, 6.45) is 1.26. The van der Waals surface area contributed by atoms with Gasteiger partial charge in [-0.1, -0.05) is 24.3 Å². The monoisotopic (exact) mass is 359 g/mol. The smallest absolute Gasteiger partial charge is 0.303 e. The molecule has 0 radical (unpaired) electrons. The van der Waals surface area contributed by atoms with Crippen LogP contribution in [0.25, 0.3) is 0 Å². The topological polar surface area (TPSA) is 75.6 Å². The van der Waals surface area contributed by atoms with E-state index in [1.165, 1.54) is 12.1 Å². The molecular formula is C20H22FNO4. The molecule has 0 heterocycles. The van der Waals surface area contributed by atoms with Crippen molar-refractivity contribution >= 4 is 11.9 Å². The molecular weight excluding hydrogens is 337 g/mol. The van der Waals surface area contributed by atoms with Crippen LogP contribution in [0.15, 0.2) is 48.5 Å². The van der Waals surface area contributed by atoms with E-state index in [2.05, 4.69) is 5.32 Å². The van der Waals surface area contributed by atoms with Gasteiger partial charge in [0.15, 0.2) is 11.6 Å². The van der Waals surface area contributed by atoms with Crippen LogP contribution in [-0.2, 0) is 9.59 Å². The molecule has 0 spiro atoms. The summed E-state index contributed by atoms with van der Waals surface area (Å²) in [5, 5.41) is 11.4. The first-order valence-corrected chi connectivity index (χ1v) is 8.49. The summed E-state index contributed by atoms with van der Waals surface area (Å²) in [5.41, 5.74) is 0.627. The number of carboxylic acids is 1. The molecule has 5 nitrogen and oxygen atoms in total. The van der Waals surface area contributed by atoms with Crippen LogP contribution in [0, 0.1) is 5.82 Å². The van der Waals surface area contributed by atoms with Crippen molar-refractivity contribution in [2.45, 2.75) is 38.6 Å². The molecule has 2 N–H and O–H groups in total. The fraction of sp³-hybridized carbons (Fsp3) is 0.300. The molecule has 0 aliphatic carbocycles. The van der Waals surface area contributed by atoms with Gasteiger partial charge in [0.25, 0.3) is 0 Å². The minimum atomic E-state index is -0.868. The summed E-state index contributed by atoms with van der Waals surface area (Å²) in [7, 11) is 0. The first-order valence-electron chi connectivity index (χ1n) is 8.49. The van der Waals surface area contributed by atoms with Crippen LogP contribution < -0.4 is 10.1 Å². The zero-order valence-electron chi connectivity index (χ0n) is 14.6. The summed E-state index contributed by atoms with van der Waals surface area (Å²) in [6.45, 7) is 1.77. The Hall–Kier alpha value is -2.89. The average molecular weight is 359 g/mol. The predicted octanol–water partition coefficient (Wildman–Crippen LogP) is 4.44. The zero-order valence-corrected chi connectivity index (χ0v) is 14.6. The standard InChI is InChI=1S/C20H22FNO4/c1-14(22-19(23)9-5-6-10-20(24)25)15-11-12-18(17(21)13-15)26-16-7-3-2-4-8-16/h2-4,7-8,11-14H,5-6,9-10H2,1H3,(H,22,23)(H,24,25). The van der Waals surface area contributed by atoms with E-state index in [0.717, 1.165) is 0 Å². The molecule has 1 unspecified atom stereocenters. The highest BCUT2D eigenvalue weighted by Gasteiger charge is 2.13. The maximum atomic E-state index is 14.3. The van der Waals surface area contributed by atoms with E-state index in [1.54, 1.807) is 37.3 Å². The maximum Gasteiger partial charge on any atom is 0.303 e. The Morgan fingerprint density at radius 3 is 2.46 bits per heavy atom. The number of amides is 1. The van der Waals surface area contributed by atoms with Crippen molar-refractivity contribution in [2.75, 3.05) is 0 Å². The van der Waals surface area contributed by atoms with E-state index in [0.29, 0.717) is 24.2 Å². The maximum absolute atomic E-state index is 14.3. The fourth-order valence-corrected chi connectivity index (χ4v) is 2.44. The van der Waals surface area contributed by atoms with Crippen LogP contribution in [0.1, 0.15) is 44.2 Å². The number of rotatable bonds is 9. The first kappa shape index (κ1) is 19.4. The lowest BCUT2D eigenvalue weighted by atomic mass is 10.1. The summed E-state index contributed by atoms with van der Waals surface area (Å²) < 4.78 is 19.8. The van der Waals surface area contributed by atoms with Gasteiger partial charge in [-0.2, -0.15) is 0 Å². The molecule has 1 amide bonds. The van der Waals surface area contributed by atoms with Crippen LogP contribution in [0.3, 0.4) is 0 Å². The molecule has 0 aromatic heterocycles. The zero-order chi connectivity index (χ0) is 18.9. The number of aliphatic carboxylic acids is 1. The summed E-state index contributed by atoms with van der Waals surface area (Å²) in [4.78, 5) is 22.3. The number of ether oxygens (including phenoxy) is 1. The van der Waals surface area contributed by atoms with Gasteiger partial charge < -0.3 is 15.2 Å². The highest BCUT2D eigenvalue weighted by Crippen LogP contribution is 2.26. The number of carbonyl (C=O) groups excluding carboxylic acids is 1. The van der Waals surface area contributed by atoms with Gasteiger partial charge in [-0.05, 0) is 49.6 Å². The number of halogens is 1. The fourth-order valence-electron chi connectivity index (χ4n) is 2.44. The van der Waals surface area contributed by atoms with E-state index in [4.69, 9.17) is 9.84 Å². The Bertz CT molecular complexity index is 749. The highest BCUT2D eigenvalue weighted by molar-refractivity contribution is 5.76. The molecule has 0 aliphatic heterocycles. The van der Waals surface area contributed by atoms with Crippen LogP contribution in [0.4, 0.5) is 4.39 Å². The van der Waals surface area contributed by atoms with Crippen LogP contribution in [-0.4, -0.2) is 17.0 Å². The molecule has 2 aromatic rings. The number of unbranched alkanes of at least 4 members (excludes halogenated alkanes) is 1. The van der Waals surface area contributed by atoms with Gasteiger partial charge >= 0.3 is 5.97 Å². The first-order chi connectivity index (χ1) is 12.5. The van der Waals surface area contributed by atoms with Crippen molar-refractivity contribution in [2.24, 2.45) is 0 Å². The molecule has 2 rings (SSSR count). The van der Waals surface area contributed by atoms with Gasteiger partial charge in [-0.3, -0.25) is 9.59 Å². The van der Waals surface area contributed by atoms with Crippen LogP contribution >= 0.6 is 0 Å². The Kier molecular flexibility index (Phi) is 7.14.